The standard InChI is InChI=1S/C7H11ClN4O/c8-6-5-9-11-7(10-6)12-1-3-13-4-2-12/h5-6H,1-4H2,(H,10,11). The zero-order chi connectivity index (χ0) is 9.10. The van der Waals surface area contributed by atoms with Gasteiger partial charge in [-0.2, -0.15) is 5.10 Å². The van der Waals surface area contributed by atoms with Gasteiger partial charge >= 0.3 is 0 Å². The minimum absolute atomic E-state index is 0.348. The lowest BCUT2D eigenvalue weighted by molar-refractivity contribution is 0.0664. The first-order valence-corrected chi connectivity index (χ1v) is 4.64. The molecule has 0 spiro atoms. The Labute approximate surface area is 81.4 Å². The van der Waals surface area contributed by atoms with E-state index >= 15 is 0 Å². The quantitative estimate of drug-likeness (QED) is 0.438. The summed E-state index contributed by atoms with van der Waals surface area (Å²) in [6, 6.07) is 0. The summed E-state index contributed by atoms with van der Waals surface area (Å²) in [5.74, 6) is 0.741. The zero-order valence-corrected chi connectivity index (χ0v) is 7.87. The van der Waals surface area contributed by atoms with Gasteiger partial charge < -0.3 is 9.64 Å². The molecule has 0 radical (unpaired) electrons. The lowest BCUT2D eigenvalue weighted by Crippen LogP contribution is -2.47. The Morgan fingerprint density at radius 1 is 1.54 bits per heavy atom. The van der Waals surface area contributed by atoms with Crippen molar-refractivity contribution in [3.05, 3.63) is 0 Å². The average Bonchev–Trinajstić information content (AvgIpc) is 2.19. The Bertz CT molecular complexity index is 237. The van der Waals surface area contributed by atoms with Crippen LogP contribution < -0.4 is 5.43 Å². The molecule has 13 heavy (non-hydrogen) atoms. The molecule has 2 aliphatic heterocycles. The molecule has 6 heteroatoms. The number of nitrogens with zero attached hydrogens (tertiary/aromatic N) is 3. The molecule has 1 fully saturated rings. The van der Waals surface area contributed by atoms with Crippen molar-refractivity contribution in [2.75, 3.05) is 26.3 Å². The van der Waals surface area contributed by atoms with Crippen LogP contribution >= 0.6 is 11.6 Å². The number of aliphatic imine (C=N–C) groups is 1. The molecular formula is C7H11ClN4O. The maximum atomic E-state index is 5.80. The fourth-order valence-corrected chi connectivity index (χ4v) is 1.41. The van der Waals surface area contributed by atoms with Gasteiger partial charge in [-0.25, -0.2) is 10.4 Å². The van der Waals surface area contributed by atoms with Crippen molar-refractivity contribution >= 4 is 23.8 Å². The number of nitrogens with one attached hydrogen (secondary N) is 1. The molecular weight excluding hydrogens is 192 g/mol. The van der Waals surface area contributed by atoms with E-state index in [9.17, 15) is 0 Å². The van der Waals surface area contributed by atoms with Crippen LogP contribution in [-0.2, 0) is 4.74 Å². The van der Waals surface area contributed by atoms with Crippen molar-refractivity contribution in [3.8, 4) is 0 Å². The highest BCUT2D eigenvalue weighted by molar-refractivity contribution is 6.28. The fraction of sp³-hybridized carbons (Fsp3) is 0.714. The number of hydrogen-bond acceptors (Lipinski definition) is 5. The largest absolute Gasteiger partial charge is 0.378 e. The maximum Gasteiger partial charge on any atom is 0.216 e. The summed E-state index contributed by atoms with van der Waals surface area (Å²) in [5, 5.41) is 3.89. The highest BCUT2D eigenvalue weighted by Gasteiger charge is 2.17. The summed E-state index contributed by atoms with van der Waals surface area (Å²) < 4.78 is 5.22. The first-order chi connectivity index (χ1) is 6.36. The Morgan fingerprint density at radius 3 is 3.00 bits per heavy atom. The molecule has 1 saturated heterocycles. The Hall–Kier alpha value is -0.810. The number of rotatable bonds is 0. The van der Waals surface area contributed by atoms with Gasteiger partial charge in [-0.15, -0.1) is 0 Å². The van der Waals surface area contributed by atoms with Gasteiger partial charge in [-0.05, 0) is 0 Å². The first-order valence-electron chi connectivity index (χ1n) is 4.20. The van der Waals surface area contributed by atoms with Gasteiger partial charge in [-0.1, -0.05) is 11.6 Å². The average molecular weight is 203 g/mol. The van der Waals surface area contributed by atoms with Gasteiger partial charge in [0.25, 0.3) is 0 Å². The second-order valence-electron chi connectivity index (χ2n) is 2.81. The van der Waals surface area contributed by atoms with E-state index in [1.54, 1.807) is 6.21 Å². The molecule has 2 heterocycles. The van der Waals surface area contributed by atoms with E-state index in [4.69, 9.17) is 16.3 Å². The number of hydrogen-bond donors (Lipinski definition) is 1. The molecule has 0 aromatic heterocycles. The number of morpholine rings is 1. The molecule has 0 aromatic rings. The minimum Gasteiger partial charge on any atom is -0.378 e. The molecule has 1 N–H and O–H groups in total. The first kappa shape index (κ1) is 8.77. The third-order valence-corrected chi connectivity index (χ3v) is 2.13. The van der Waals surface area contributed by atoms with Gasteiger partial charge in [0, 0.05) is 13.1 Å². The van der Waals surface area contributed by atoms with E-state index in [2.05, 4.69) is 20.4 Å². The normalized spacial score (nSPS) is 28.2. The summed E-state index contributed by atoms with van der Waals surface area (Å²) >= 11 is 5.80. The lowest BCUT2D eigenvalue weighted by Gasteiger charge is -2.30. The summed E-state index contributed by atoms with van der Waals surface area (Å²) in [7, 11) is 0. The molecule has 0 aliphatic carbocycles. The Kier molecular flexibility index (Phi) is 2.65. The predicted molar refractivity (Wildman–Crippen MR) is 51.1 cm³/mol. The van der Waals surface area contributed by atoms with Crippen LogP contribution in [0, 0.1) is 0 Å². The minimum atomic E-state index is -0.348. The van der Waals surface area contributed by atoms with Crippen LogP contribution in [-0.4, -0.2) is 48.9 Å². The van der Waals surface area contributed by atoms with Gasteiger partial charge in [0.1, 0.15) is 0 Å². The highest BCUT2D eigenvalue weighted by Crippen LogP contribution is 2.03. The van der Waals surface area contributed by atoms with Crippen molar-refractivity contribution < 1.29 is 4.74 Å². The van der Waals surface area contributed by atoms with E-state index in [0.717, 1.165) is 32.3 Å². The molecule has 1 unspecified atom stereocenters. The predicted octanol–water partition coefficient (Wildman–Crippen LogP) is -0.171. The smallest absolute Gasteiger partial charge is 0.216 e. The third-order valence-electron chi connectivity index (χ3n) is 1.92. The topological polar surface area (TPSA) is 49.2 Å². The van der Waals surface area contributed by atoms with Crippen LogP contribution in [0.25, 0.3) is 0 Å². The van der Waals surface area contributed by atoms with Crippen LogP contribution in [0.1, 0.15) is 0 Å². The van der Waals surface area contributed by atoms with E-state index in [1.807, 2.05) is 0 Å². The van der Waals surface area contributed by atoms with Crippen LogP contribution in [0.4, 0.5) is 0 Å². The van der Waals surface area contributed by atoms with Gasteiger partial charge in [0.2, 0.25) is 5.96 Å². The summed E-state index contributed by atoms with van der Waals surface area (Å²) in [5.41, 5.74) is 2.48. The maximum absolute atomic E-state index is 5.80. The molecule has 5 nitrogen and oxygen atoms in total. The van der Waals surface area contributed by atoms with Gasteiger partial charge in [-0.3, -0.25) is 0 Å². The molecule has 0 saturated carbocycles. The van der Waals surface area contributed by atoms with Gasteiger partial charge in [0.15, 0.2) is 5.50 Å². The van der Waals surface area contributed by atoms with Crippen LogP contribution in [0.15, 0.2) is 10.1 Å². The number of guanidine groups is 1. The lowest BCUT2D eigenvalue weighted by atomic mass is 10.4. The second-order valence-corrected chi connectivity index (χ2v) is 3.26. The number of alkyl halides is 1. The van der Waals surface area contributed by atoms with E-state index < -0.39 is 0 Å². The van der Waals surface area contributed by atoms with Crippen molar-refractivity contribution in [3.63, 3.8) is 0 Å². The van der Waals surface area contributed by atoms with E-state index in [1.165, 1.54) is 0 Å². The molecule has 1 atom stereocenters. The monoisotopic (exact) mass is 202 g/mol. The summed E-state index contributed by atoms with van der Waals surface area (Å²) in [4.78, 5) is 6.28. The number of halogens is 1. The molecule has 2 aliphatic rings. The van der Waals surface area contributed by atoms with Crippen LogP contribution in [0.2, 0.25) is 0 Å². The molecule has 0 bridgehead atoms. The van der Waals surface area contributed by atoms with Crippen molar-refractivity contribution in [2.45, 2.75) is 5.50 Å². The SMILES string of the molecule is ClC1C=NNC(N2CCOCC2)=N1. The van der Waals surface area contributed by atoms with Gasteiger partial charge in [0.05, 0.1) is 19.4 Å². The molecule has 0 amide bonds. The molecule has 72 valence electrons. The van der Waals surface area contributed by atoms with E-state index in [0.29, 0.717) is 0 Å². The second kappa shape index (κ2) is 3.93. The summed E-state index contributed by atoms with van der Waals surface area (Å²) in [6.45, 7) is 3.14. The zero-order valence-electron chi connectivity index (χ0n) is 7.11. The van der Waals surface area contributed by atoms with Crippen molar-refractivity contribution in [1.29, 1.82) is 0 Å². The Morgan fingerprint density at radius 2 is 2.31 bits per heavy atom. The third kappa shape index (κ3) is 2.10. The fourth-order valence-electron chi connectivity index (χ4n) is 1.26. The molecule has 0 aromatic carbocycles. The number of ether oxygens (including phenoxy) is 1. The van der Waals surface area contributed by atoms with Crippen molar-refractivity contribution in [1.82, 2.24) is 10.3 Å². The Balaban J connectivity index is 1.98. The van der Waals surface area contributed by atoms with E-state index in [-0.39, 0.29) is 5.50 Å². The van der Waals surface area contributed by atoms with Crippen LogP contribution in [0.3, 0.4) is 0 Å². The van der Waals surface area contributed by atoms with Crippen molar-refractivity contribution in [2.24, 2.45) is 10.1 Å². The summed E-state index contributed by atoms with van der Waals surface area (Å²) in [6.07, 6.45) is 1.56. The highest BCUT2D eigenvalue weighted by atomic mass is 35.5. The molecule has 2 rings (SSSR count). The number of hydrazone groups is 1. The van der Waals surface area contributed by atoms with Crippen LogP contribution in [0.5, 0.6) is 0 Å².